The van der Waals surface area contributed by atoms with E-state index in [1.54, 1.807) is 6.92 Å². The molecular formula is C15H17N3O2. The van der Waals surface area contributed by atoms with Gasteiger partial charge < -0.3 is 5.32 Å². The molecule has 5 nitrogen and oxygen atoms in total. The summed E-state index contributed by atoms with van der Waals surface area (Å²) in [6.07, 6.45) is 0.831. The second-order valence-corrected chi connectivity index (χ2v) is 5.14. The summed E-state index contributed by atoms with van der Waals surface area (Å²) in [7, 11) is 0. The van der Waals surface area contributed by atoms with Crippen LogP contribution in [0, 0.1) is 18.3 Å². The van der Waals surface area contributed by atoms with Crippen LogP contribution in [-0.2, 0) is 10.3 Å². The first kappa shape index (κ1) is 14.1. The van der Waals surface area contributed by atoms with Crippen LogP contribution in [0.4, 0.5) is 4.79 Å². The maximum absolute atomic E-state index is 12.5. The third-order valence-electron chi connectivity index (χ3n) is 3.57. The molecule has 5 heteroatoms. The van der Waals surface area contributed by atoms with E-state index in [9.17, 15) is 9.59 Å². The molecular weight excluding hydrogens is 254 g/mol. The molecule has 104 valence electrons. The lowest BCUT2D eigenvalue weighted by atomic mass is 9.91. The summed E-state index contributed by atoms with van der Waals surface area (Å²) in [5, 5.41) is 11.3. The Kier molecular flexibility index (Phi) is 3.75. The Morgan fingerprint density at radius 2 is 1.95 bits per heavy atom. The Labute approximate surface area is 118 Å². The molecule has 1 unspecified atom stereocenters. The first-order chi connectivity index (χ1) is 9.49. The van der Waals surface area contributed by atoms with Crippen molar-refractivity contribution in [1.82, 2.24) is 10.2 Å². The van der Waals surface area contributed by atoms with Crippen molar-refractivity contribution < 1.29 is 9.59 Å². The molecule has 0 aromatic heterocycles. The van der Waals surface area contributed by atoms with Crippen LogP contribution in [0.15, 0.2) is 24.3 Å². The number of hydrogen-bond acceptors (Lipinski definition) is 3. The minimum Gasteiger partial charge on any atom is -0.319 e. The molecule has 0 spiro atoms. The number of amides is 3. The third kappa shape index (κ3) is 2.37. The second kappa shape index (κ2) is 5.33. The number of hydrogen-bond donors (Lipinski definition) is 1. The highest BCUT2D eigenvalue weighted by molar-refractivity contribution is 6.07. The van der Waals surface area contributed by atoms with E-state index in [0.29, 0.717) is 12.8 Å². The molecule has 1 aromatic carbocycles. The number of unbranched alkanes of at least 4 members (excludes halogenated alkanes) is 1. The number of rotatable bonds is 4. The lowest BCUT2D eigenvalue weighted by Gasteiger charge is -2.22. The van der Waals surface area contributed by atoms with Gasteiger partial charge in [0.2, 0.25) is 0 Å². The molecule has 1 aliphatic heterocycles. The maximum Gasteiger partial charge on any atom is 0.325 e. The first-order valence-corrected chi connectivity index (χ1v) is 6.57. The average molecular weight is 271 g/mol. The number of urea groups is 1. The van der Waals surface area contributed by atoms with Gasteiger partial charge in [0.15, 0.2) is 0 Å². The zero-order valence-electron chi connectivity index (χ0n) is 11.6. The van der Waals surface area contributed by atoms with E-state index >= 15 is 0 Å². The normalized spacial score (nSPS) is 21.8. The molecule has 1 N–H and O–H groups in total. The average Bonchev–Trinajstić information content (AvgIpc) is 2.64. The Morgan fingerprint density at radius 1 is 1.30 bits per heavy atom. The smallest absolute Gasteiger partial charge is 0.319 e. The molecule has 0 bridgehead atoms. The molecule has 0 radical (unpaired) electrons. The van der Waals surface area contributed by atoms with Crippen LogP contribution in [0.25, 0.3) is 0 Å². The van der Waals surface area contributed by atoms with Gasteiger partial charge in [-0.25, -0.2) is 4.79 Å². The van der Waals surface area contributed by atoms with Crippen LogP contribution in [0.2, 0.25) is 0 Å². The summed E-state index contributed by atoms with van der Waals surface area (Å²) in [5.41, 5.74) is 0.849. The van der Waals surface area contributed by atoms with Crippen LogP contribution < -0.4 is 5.32 Å². The molecule has 1 aliphatic rings. The van der Waals surface area contributed by atoms with Gasteiger partial charge in [0.1, 0.15) is 5.54 Å². The van der Waals surface area contributed by atoms with Gasteiger partial charge in [-0.3, -0.25) is 9.69 Å². The topological polar surface area (TPSA) is 73.2 Å². The number of aryl methyl sites for hydroxylation is 1. The summed E-state index contributed by atoms with van der Waals surface area (Å²) in [4.78, 5) is 25.6. The highest BCUT2D eigenvalue weighted by Crippen LogP contribution is 2.29. The molecule has 1 atom stereocenters. The summed E-state index contributed by atoms with van der Waals surface area (Å²) in [6.45, 7) is 3.96. The van der Waals surface area contributed by atoms with Crippen molar-refractivity contribution in [3.63, 3.8) is 0 Å². The largest absolute Gasteiger partial charge is 0.325 e. The van der Waals surface area contributed by atoms with Crippen molar-refractivity contribution in [3.05, 3.63) is 35.4 Å². The SMILES string of the molecule is Cc1ccc(C2(C)NC(=O)N(CCCC#N)C2=O)cc1. The van der Waals surface area contributed by atoms with Gasteiger partial charge in [-0.05, 0) is 25.8 Å². The minimum absolute atomic E-state index is 0.260. The van der Waals surface area contributed by atoms with Gasteiger partial charge in [-0.1, -0.05) is 29.8 Å². The standard InChI is InChI=1S/C15H17N3O2/c1-11-5-7-12(8-6-11)15(2)13(19)18(14(20)17-15)10-4-3-9-16/h5-8H,3-4,10H2,1-2H3,(H,17,20). The van der Waals surface area contributed by atoms with Crippen molar-refractivity contribution in [2.75, 3.05) is 6.54 Å². The van der Waals surface area contributed by atoms with E-state index in [0.717, 1.165) is 11.1 Å². The molecule has 1 aromatic rings. The van der Waals surface area contributed by atoms with Gasteiger partial charge in [-0.2, -0.15) is 5.26 Å². The van der Waals surface area contributed by atoms with Crippen molar-refractivity contribution >= 4 is 11.9 Å². The maximum atomic E-state index is 12.5. The zero-order valence-corrected chi connectivity index (χ0v) is 11.6. The van der Waals surface area contributed by atoms with E-state index in [2.05, 4.69) is 5.32 Å². The molecule has 1 fully saturated rings. The molecule has 3 amide bonds. The van der Waals surface area contributed by atoms with E-state index in [1.807, 2.05) is 37.3 Å². The van der Waals surface area contributed by atoms with Gasteiger partial charge >= 0.3 is 6.03 Å². The van der Waals surface area contributed by atoms with Crippen LogP contribution in [0.1, 0.15) is 30.9 Å². The number of imide groups is 1. The van der Waals surface area contributed by atoms with Crippen molar-refractivity contribution in [3.8, 4) is 6.07 Å². The quantitative estimate of drug-likeness (QED) is 0.673. The van der Waals surface area contributed by atoms with Crippen LogP contribution in [-0.4, -0.2) is 23.4 Å². The Morgan fingerprint density at radius 3 is 2.55 bits per heavy atom. The summed E-state index contributed by atoms with van der Waals surface area (Å²) >= 11 is 0. The van der Waals surface area contributed by atoms with E-state index in [1.165, 1.54) is 4.90 Å². The summed E-state index contributed by atoms with van der Waals surface area (Å²) < 4.78 is 0. The third-order valence-corrected chi connectivity index (χ3v) is 3.57. The predicted molar refractivity (Wildman–Crippen MR) is 73.6 cm³/mol. The van der Waals surface area contributed by atoms with Crippen molar-refractivity contribution in [2.24, 2.45) is 0 Å². The van der Waals surface area contributed by atoms with Crippen molar-refractivity contribution in [1.29, 1.82) is 5.26 Å². The molecule has 1 saturated heterocycles. The molecule has 0 aliphatic carbocycles. The van der Waals surface area contributed by atoms with E-state index in [-0.39, 0.29) is 12.5 Å². The first-order valence-electron chi connectivity index (χ1n) is 6.57. The van der Waals surface area contributed by atoms with Crippen LogP contribution in [0.5, 0.6) is 0 Å². The molecule has 2 rings (SSSR count). The highest BCUT2D eigenvalue weighted by Gasteiger charge is 2.48. The second-order valence-electron chi connectivity index (χ2n) is 5.14. The monoisotopic (exact) mass is 271 g/mol. The number of nitrogens with zero attached hydrogens (tertiary/aromatic N) is 2. The van der Waals surface area contributed by atoms with Gasteiger partial charge in [0, 0.05) is 13.0 Å². The lowest BCUT2D eigenvalue weighted by molar-refractivity contribution is -0.131. The molecule has 20 heavy (non-hydrogen) atoms. The summed E-state index contributed by atoms with van der Waals surface area (Å²) in [6, 6.07) is 9.15. The Balaban J connectivity index is 2.21. The number of nitrogens with one attached hydrogen (secondary N) is 1. The predicted octanol–water partition coefficient (Wildman–Crippen LogP) is 2.07. The van der Waals surface area contributed by atoms with E-state index < -0.39 is 11.6 Å². The fraction of sp³-hybridized carbons (Fsp3) is 0.400. The fourth-order valence-corrected chi connectivity index (χ4v) is 2.30. The number of benzene rings is 1. The van der Waals surface area contributed by atoms with Gasteiger partial charge in [0.25, 0.3) is 5.91 Å². The van der Waals surface area contributed by atoms with Gasteiger partial charge in [-0.15, -0.1) is 0 Å². The summed E-state index contributed by atoms with van der Waals surface area (Å²) in [5.74, 6) is -0.260. The number of carbonyl (C=O) groups is 2. The zero-order chi connectivity index (χ0) is 14.8. The fourth-order valence-electron chi connectivity index (χ4n) is 2.30. The highest BCUT2D eigenvalue weighted by atomic mass is 16.2. The van der Waals surface area contributed by atoms with Crippen molar-refractivity contribution in [2.45, 2.75) is 32.2 Å². The lowest BCUT2D eigenvalue weighted by Crippen LogP contribution is -2.41. The van der Waals surface area contributed by atoms with Gasteiger partial charge in [0.05, 0.1) is 6.07 Å². The Bertz CT molecular complexity index is 574. The number of carbonyl (C=O) groups excluding carboxylic acids is 2. The molecule has 1 heterocycles. The molecule has 0 saturated carbocycles. The minimum atomic E-state index is -1.02. The van der Waals surface area contributed by atoms with Crippen LogP contribution >= 0.6 is 0 Å². The Hall–Kier alpha value is -2.35. The number of nitriles is 1. The van der Waals surface area contributed by atoms with Crippen LogP contribution in [0.3, 0.4) is 0 Å². The van der Waals surface area contributed by atoms with E-state index in [4.69, 9.17) is 5.26 Å².